The number of aliphatic hydroxyl groups excluding tert-OH is 1. The highest BCUT2D eigenvalue weighted by Crippen LogP contribution is 2.45. The van der Waals surface area contributed by atoms with Gasteiger partial charge in [-0.05, 0) is 161 Å². The highest BCUT2D eigenvalue weighted by Gasteiger charge is 2.29. The van der Waals surface area contributed by atoms with E-state index in [0.29, 0.717) is 51.9 Å². The summed E-state index contributed by atoms with van der Waals surface area (Å²) in [5.41, 5.74) is 0. The molecule has 0 radical (unpaired) electrons. The molecule has 568 valence electrons. The summed E-state index contributed by atoms with van der Waals surface area (Å²) in [7, 11) is -9.55. The Bertz CT molecular complexity index is 2090. The Morgan fingerprint density at radius 1 is 0.327 bits per heavy atom. The van der Waals surface area contributed by atoms with Crippen molar-refractivity contribution in [2.45, 2.75) is 333 Å². The molecule has 0 rings (SSSR count). The summed E-state index contributed by atoms with van der Waals surface area (Å²) in [6.45, 7) is 1.08. The third-order valence-corrected chi connectivity index (χ3v) is 18.3. The topological polar surface area (TPSA) is 237 Å². The Kier molecular flexibility index (Phi) is 73.8. The summed E-state index contributed by atoms with van der Waals surface area (Å²) in [6, 6.07) is 0. The van der Waals surface area contributed by atoms with Crippen LogP contribution in [0.4, 0.5) is 0 Å². The van der Waals surface area contributed by atoms with Gasteiger partial charge in [-0.25, -0.2) is 9.13 Å². The minimum Gasteiger partial charge on any atom is -0.463 e. The molecule has 19 heteroatoms. The van der Waals surface area contributed by atoms with Crippen LogP contribution in [0.2, 0.25) is 0 Å². The molecule has 0 saturated carbocycles. The second-order valence-electron chi connectivity index (χ2n) is 25.8. The molecule has 0 heterocycles. The smallest absolute Gasteiger partial charge is 0.463 e. The lowest BCUT2D eigenvalue weighted by Crippen LogP contribution is -2.28. The zero-order valence-electron chi connectivity index (χ0n) is 61.3. The maximum atomic E-state index is 13.1. The van der Waals surface area contributed by atoms with E-state index in [2.05, 4.69) is 85.9 Å². The fraction of sp³-hybridized carbons (Fsp3) is 0.772. The Balaban J connectivity index is 5.17. The van der Waals surface area contributed by atoms with Gasteiger partial charge in [-0.2, -0.15) is 0 Å². The van der Waals surface area contributed by atoms with E-state index in [0.717, 1.165) is 231 Å². The lowest BCUT2D eigenvalue weighted by atomic mass is 10.1. The Hall–Kier alpha value is -3.28. The van der Waals surface area contributed by atoms with Gasteiger partial charge in [0.25, 0.3) is 0 Å². The van der Waals surface area contributed by atoms with Gasteiger partial charge in [-0.15, -0.1) is 0 Å². The van der Waals surface area contributed by atoms with Crippen molar-refractivity contribution in [2.24, 2.45) is 0 Å². The van der Waals surface area contributed by atoms with E-state index >= 15 is 0 Å². The Morgan fingerprint density at radius 3 is 0.959 bits per heavy atom. The van der Waals surface area contributed by atoms with Crippen molar-refractivity contribution in [3.05, 3.63) is 85.1 Å². The van der Waals surface area contributed by atoms with Crippen molar-refractivity contribution < 1.29 is 80.2 Å². The summed E-state index contributed by atoms with van der Waals surface area (Å²) >= 11 is 0. The van der Waals surface area contributed by atoms with Gasteiger partial charge in [0.15, 0.2) is 0 Å². The van der Waals surface area contributed by atoms with Crippen LogP contribution in [0.25, 0.3) is 0 Å². The lowest BCUT2D eigenvalue weighted by molar-refractivity contribution is -0.149. The van der Waals surface area contributed by atoms with Gasteiger partial charge < -0.3 is 48.2 Å². The van der Waals surface area contributed by atoms with Crippen molar-refractivity contribution in [3.8, 4) is 0 Å². The van der Waals surface area contributed by atoms with Crippen LogP contribution < -0.4 is 0 Å². The molecule has 98 heavy (non-hydrogen) atoms. The molecule has 0 aromatic rings. The molecular formula is C79H140O17P2. The Morgan fingerprint density at radius 2 is 0.602 bits per heavy atom. The zero-order valence-corrected chi connectivity index (χ0v) is 63.1. The monoisotopic (exact) mass is 1420 g/mol. The average Bonchev–Trinajstić information content (AvgIpc) is 1.22. The highest BCUT2D eigenvalue weighted by molar-refractivity contribution is 7.47. The number of allylic oxidation sites excluding steroid dienone is 14. The van der Waals surface area contributed by atoms with Crippen molar-refractivity contribution in [1.82, 2.24) is 0 Å². The van der Waals surface area contributed by atoms with E-state index in [4.69, 9.17) is 37.0 Å². The number of aliphatic hydroxyl groups is 1. The zero-order chi connectivity index (χ0) is 71.3. The molecule has 0 bridgehead atoms. The fourth-order valence-corrected chi connectivity index (χ4v) is 12.0. The number of unbranched alkanes of at least 4 members (excludes halogenated alkanes) is 36. The molecule has 0 saturated heterocycles. The first-order valence-corrected chi connectivity index (χ1v) is 41.7. The first kappa shape index (κ1) is 94.7. The first-order valence-electron chi connectivity index (χ1n) is 38.7. The second-order valence-corrected chi connectivity index (χ2v) is 28.7. The van der Waals surface area contributed by atoms with Crippen LogP contribution in [-0.2, 0) is 65.4 Å². The van der Waals surface area contributed by atoms with E-state index in [1.807, 2.05) is 6.08 Å². The molecule has 0 aliphatic heterocycles. The third kappa shape index (κ3) is 75.4. The van der Waals surface area contributed by atoms with Crippen LogP contribution in [0.5, 0.6) is 0 Å². The SMILES string of the molecule is CCCCC/C=C\C/C=C\C/C=C\C/C=C\CCCC(=O)OC[C@H](COP(=O)(O)OC[C@@H](O)COP(=O)(O)OC[C@@H](COCCCCCCCCC/C=C\CCCCCCC=O)OCCCCCCC/C=C\CCCCCCC=O)OCCCCCCC/C=C\CCCCCCC=O. The van der Waals surface area contributed by atoms with Gasteiger partial charge in [0.1, 0.15) is 43.8 Å². The summed E-state index contributed by atoms with van der Waals surface area (Å²) in [4.78, 5) is 65.5. The molecule has 0 aliphatic rings. The molecule has 0 aromatic heterocycles. The van der Waals surface area contributed by atoms with Gasteiger partial charge in [-0.1, -0.05) is 214 Å². The van der Waals surface area contributed by atoms with Crippen molar-refractivity contribution in [2.75, 3.05) is 59.5 Å². The fourth-order valence-electron chi connectivity index (χ4n) is 10.4. The molecule has 17 nitrogen and oxygen atoms in total. The number of carbonyl (C=O) groups excluding carboxylic acids is 4. The molecule has 0 amide bonds. The molecule has 0 aromatic carbocycles. The van der Waals surface area contributed by atoms with Gasteiger partial charge >= 0.3 is 21.6 Å². The van der Waals surface area contributed by atoms with Gasteiger partial charge in [0, 0.05) is 45.5 Å². The number of hydrogen-bond acceptors (Lipinski definition) is 15. The summed E-state index contributed by atoms with van der Waals surface area (Å²) < 4.78 is 70.5. The Labute approximate surface area is 595 Å². The van der Waals surface area contributed by atoms with Crippen LogP contribution in [0, 0.1) is 0 Å². The number of ether oxygens (including phenoxy) is 4. The highest BCUT2D eigenvalue weighted by atomic mass is 31.2. The van der Waals surface area contributed by atoms with Crippen LogP contribution in [0.15, 0.2) is 85.1 Å². The van der Waals surface area contributed by atoms with Crippen molar-refractivity contribution in [1.29, 1.82) is 0 Å². The molecule has 2 unspecified atom stereocenters. The minimum absolute atomic E-state index is 0.148. The average molecular weight is 1420 g/mol. The van der Waals surface area contributed by atoms with Crippen molar-refractivity contribution >= 4 is 40.5 Å². The molecule has 3 N–H and O–H groups in total. The number of esters is 1. The van der Waals surface area contributed by atoms with Crippen LogP contribution >= 0.6 is 15.6 Å². The number of hydrogen-bond donors (Lipinski definition) is 3. The molecular weight excluding hydrogens is 1280 g/mol. The number of carbonyl (C=O) groups is 4. The summed E-state index contributed by atoms with van der Waals surface area (Å²) in [5.74, 6) is -0.431. The molecule has 0 fully saturated rings. The number of aldehydes is 3. The van der Waals surface area contributed by atoms with Gasteiger partial charge in [-0.3, -0.25) is 22.9 Å². The molecule has 0 aliphatic carbocycles. The van der Waals surface area contributed by atoms with Crippen LogP contribution in [0.3, 0.4) is 0 Å². The minimum atomic E-state index is -4.81. The maximum Gasteiger partial charge on any atom is 0.472 e. The maximum absolute atomic E-state index is 13.1. The quantitative estimate of drug-likeness (QED) is 0.0169. The lowest BCUT2D eigenvalue weighted by Gasteiger charge is -2.21. The van der Waals surface area contributed by atoms with Crippen LogP contribution in [-0.4, -0.2) is 117 Å². The normalized spacial score (nSPS) is 14.5. The largest absolute Gasteiger partial charge is 0.472 e. The standard InChI is InChI=1S/C79H140O17P2/c1-2-3-4-5-6-7-8-9-10-11-14-21-28-35-42-49-56-63-79(84)92-73-78(91-69-62-55-48-41-34-27-20-17-24-31-38-45-52-59-66-82)75-96-98(87,88)94-71-76(83)70-93-97(85,86)95-74-77(90-68-61-54-47-40-33-26-19-16-23-30-37-44-51-58-65-81)72-89-67-60-53-46-39-32-25-18-13-12-15-22-29-36-43-50-57-64-80/h6-7,9-10,12,14-17,19-21,35,42,64-66,76-78,83H,2-5,8,11,13,18,22-34,36-41,43-63,67-75H2,1H3,(H,85,86)(H,87,88)/b7-6-,10-9-,15-12-,19-16-,20-17-,21-14-,42-35-/t76-,77+,78+/m0/s1. The van der Waals surface area contributed by atoms with Crippen LogP contribution in [0.1, 0.15) is 315 Å². The summed E-state index contributed by atoms with van der Waals surface area (Å²) in [5, 5.41) is 10.6. The van der Waals surface area contributed by atoms with E-state index in [1.54, 1.807) is 0 Å². The van der Waals surface area contributed by atoms with Crippen molar-refractivity contribution in [3.63, 3.8) is 0 Å². The molecule has 5 atom stereocenters. The van der Waals surface area contributed by atoms with E-state index < -0.39 is 59.7 Å². The van der Waals surface area contributed by atoms with E-state index in [1.165, 1.54) is 57.8 Å². The first-order chi connectivity index (χ1) is 48.0. The van der Waals surface area contributed by atoms with E-state index in [9.17, 15) is 43.2 Å². The predicted octanol–water partition coefficient (Wildman–Crippen LogP) is 21.2. The second kappa shape index (κ2) is 76.4. The van der Waals surface area contributed by atoms with Gasteiger partial charge in [0.2, 0.25) is 0 Å². The number of phosphoric ester groups is 2. The number of phosphoric acid groups is 2. The predicted molar refractivity (Wildman–Crippen MR) is 400 cm³/mol. The van der Waals surface area contributed by atoms with E-state index in [-0.39, 0.29) is 26.2 Å². The molecule has 0 spiro atoms. The van der Waals surface area contributed by atoms with Gasteiger partial charge in [0.05, 0.1) is 33.0 Å². The summed E-state index contributed by atoms with van der Waals surface area (Å²) in [6.07, 6.45) is 79.0. The third-order valence-electron chi connectivity index (χ3n) is 16.4. The number of rotatable bonds is 79.